The lowest BCUT2D eigenvalue weighted by atomic mass is 9.92. The van der Waals surface area contributed by atoms with Gasteiger partial charge in [-0.05, 0) is 54.9 Å². The quantitative estimate of drug-likeness (QED) is 0.342. The summed E-state index contributed by atoms with van der Waals surface area (Å²) in [5, 5.41) is 20.6. The number of aromatic nitrogens is 3. The second-order valence-corrected chi connectivity index (χ2v) is 8.69. The maximum atomic E-state index is 14.2. The Balaban J connectivity index is 0.00000141. The average Bonchev–Trinajstić information content (AvgIpc) is 3.19. The van der Waals surface area contributed by atoms with Crippen LogP contribution in [0.25, 0.3) is 11.0 Å². The summed E-state index contributed by atoms with van der Waals surface area (Å²) < 4.78 is 35.3. The number of anilines is 1. The second kappa shape index (κ2) is 10.2. The van der Waals surface area contributed by atoms with Gasteiger partial charge in [-0.25, -0.2) is 18.7 Å². The van der Waals surface area contributed by atoms with Crippen LogP contribution in [0.15, 0.2) is 24.3 Å². The maximum absolute atomic E-state index is 14.2. The Bertz CT molecular complexity index is 1300. The number of halogens is 2. The van der Waals surface area contributed by atoms with E-state index in [1.54, 1.807) is 13.0 Å². The molecule has 0 amide bonds. The zero-order valence-electron chi connectivity index (χ0n) is 20.4. The van der Waals surface area contributed by atoms with Crippen LogP contribution in [0.2, 0.25) is 0 Å². The number of hydrogen-bond donors (Lipinski definition) is 3. The van der Waals surface area contributed by atoms with E-state index in [1.165, 1.54) is 10.6 Å². The Morgan fingerprint density at radius 1 is 1.23 bits per heavy atom. The van der Waals surface area contributed by atoms with E-state index in [-0.39, 0.29) is 23.4 Å². The predicted octanol–water partition coefficient (Wildman–Crippen LogP) is 5.24. The first-order chi connectivity index (χ1) is 16.9. The Labute approximate surface area is 203 Å². The van der Waals surface area contributed by atoms with Gasteiger partial charge in [0.1, 0.15) is 17.1 Å². The van der Waals surface area contributed by atoms with E-state index in [0.717, 1.165) is 30.3 Å². The average molecular weight is 483 g/mol. The van der Waals surface area contributed by atoms with Crippen LogP contribution in [0.1, 0.15) is 67.1 Å². The number of rotatable bonds is 5. The molecule has 186 valence electrons. The summed E-state index contributed by atoms with van der Waals surface area (Å²) in [5.74, 6) is -1.54. The first-order valence-electron chi connectivity index (χ1n) is 12.2. The van der Waals surface area contributed by atoms with Gasteiger partial charge in [0.25, 0.3) is 5.92 Å². The van der Waals surface area contributed by atoms with Crippen molar-refractivity contribution >= 4 is 23.2 Å². The monoisotopic (exact) mass is 482 g/mol. The van der Waals surface area contributed by atoms with Gasteiger partial charge in [0.15, 0.2) is 5.65 Å². The van der Waals surface area contributed by atoms with E-state index in [9.17, 15) is 8.78 Å². The van der Waals surface area contributed by atoms with Crippen LogP contribution in [0, 0.1) is 17.7 Å². The zero-order valence-corrected chi connectivity index (χ0v) is 20.4. The largest absolute Gasteiger partial charge is 0.381 e. The van der Waals surface area contributed by atoms with E-state index in [1.807, 2.05) is 26.0 Å². The number of alkyl halides is 2. The van der Waals surface area contributed by atoms with Crippen molar-refractivity contribution in [2.45, 2.75) is 64.8 Å². The molecule has 1 aromatic carbocycles. The first kappa shape index (κ1) is 24.9. The van der Waals surface area contributed by atoms with E-state index < -0.39 is 5.92 Å². The van der Waals surface area contributed by atoms with Gasteiger partial charge in [0.2, 0.25) is 0 Å². The number of ether oxygens (including phenoxy) is 1. The summed E-state index contributed by atoms with van der Waals surface area (Å²) in [6.45, 7) is 7.40. The minimum Gasteiger partial charge on any atom is -0.381 e. The van der Waals surface area contributed by atoms with Crippen molar-refractivity contribution in [2.24, 2.45) is 0 Å². The third-order valence-electron chi connectivity index (χ3n) is 6.67. The third kappa shape index (κ3) is 4.69. The highest BCUT2D eigenvalue weighted by Gasteiger charge is 2.39. The second-order valence-electron chi connectivity index (χ2n) is 8.69. The Morgan fingerprint density at radius 2 is 1.97 bits per heavy atom. The lowest BCUT2D eigenvalue weighted by molar-refractivity contribution is -0.00184. The highest BCUT2D eigenvalue weighted by Crippen LogP contribution is 2.42. The molecule has 3 heterocycles. The molecule has 35 heavy (non-hydrogen) atoms. The molecule has 0 bridgehead atoms. The molecule has 0 atom stereocenters. The minimum atomic E-state index is -2.78. The number of nitrogens with one attached hydrogen (secondary N) is 3. The minimum absolute atomic E-state index is 0.118. The van der Waals surface area contributed by atoms with Crippen LogP contribution < -0.4 is 10.8 Å². The van der Waals surface area contributed by atoms with Crippen molar-refractivity contribution in [2.75, 3.05) is 18.5 Å². The molecule has 7 nitrogen and oxygen atoms in total. The van der Waals surface area contributed by atoms with Crippen molar-refractivity contribution in [3.05, 3.63) is 57.8 Å². The van der Waals surface area contributed by atoms with E-state index >= 15 is 0 Å². The molecule has 3 N–H and O–H groups in total. The van der Waals surface area contributed by atoms with Gasteiger partial charge in [-0.3, -0.25) is 15.4 Å². The number of fused-ring (bicyclic) bond motifs is 2. The lowest BCUT2D eigenvalue weighted by Gasteiger charge is -2.24. The molecule has 0 radical (unpaired) electrons. The van der Waals surface area contributed by atoms with Crippen molar-refractivity contribution in [1.29, 1.82) is 10.8 Å². The number of benzene rings is 1. The predicted molar refractivity (Wildman–Crippen MR) is 132 cm³/mol. The highest BCUT2D eigenvalue weighted by molar-refractivity contribution is 5.90. The molecule has 1 saturated heterocycles. The number of pyridine rings is 1. The lowest BCUT2D eigenvalue weighted by Crippen LogP contribution is -2.29. The van der Waals surface area contributed by atoms with Crippen LogP contribution in [-0.2, 0) is 23.6 Å². The first-order valence-corrected chi connectivity index (χ1v) is 12.2. The molecular weight excluding hydrogens is 450 g/mol. The molecule has 3 aromatic rings. The highest BCUT2D eigenvalue weighted by atomic mass is 19.3. The molecule has 0 saturated carbocycles. The van der Waals surface area contributed by atoms with Gasteiger partial charge in [0.05, 0.1) is 11.7 Å². The van der Waals surface area contributed by atoms with Gasteiger partial charge in [-0.2, -0.15) is 0 Å². The van der Waals surface area contributed by atoms with Crippen molar-refractivity contribution in [3.8, 4) is 0 Å². The van der Waals surface area contributed by atoms with Gasteiger partial charge in [-0.1, -0.05) is 32.0 Å². The normalized spacial score (nSPS) is 16.9. The summed E-state index contributed by atoms with van der Waals surface area (Å²) in [6.07, 6.45) is 2.93. The Morgan fingerprint density at radius 3 is 2.69 bits per heavy atom. The third-order valence-corrected chi connectivity index (χ3v) is 6.67. The molecule has 1 aliphatic heterocycles. The van der Waals surface area contributed by atoms with Crippen LogP contribution in [-0.4, -0.2) is 34.1 Å². The summed E-state index contributed by atoms with van der Waals surface area (Å²) >= 11 is 0. The summed E-state index contributed by atoms with van der Waals surface area (Å²) in [4.78, 5) is 9.09. The molecule has 9 heteroatoms. The molecule has 2 aromatic heterocycles. The number of hydrogen-bond acceptors (Lipinski definition) is 6. The summed E-state index contributed by atoms with van der Waals surface area (Å²) in [7, 11) is 0. The molecule has 2 aliphatic rings. The smallest absolute Gasteiger partial charge is 0.273 e. The van der Waals surface area contributed by atoms with Crippen LogP contribution in [0.3, 0.4) is 0 Å². The van der Waals surface area contributed by atoms with Crippen LogP contribution >= 0.6 is 0 Å². The van der Waals surface area contributed by atoms with Crippen molar-refractivity contribution < 1.29 is 13.5 Å². The summed E-state index contributed by atoms with van der Waals surface area (Å²) in [5.41, 5.74) is 3.21. The van der Waals surface area contributed by atoms with Gasteiger partial charge in [0, 0.05) is 31.7 Å². The van der Waals surface area contributed by atoms with Crippen molar-refractivity contribution in [1.82, 2.24) is 14.5 Å². The zero-order chi connectivity index (χ0) is 25.2. The van der Waals surface area contributed by atoms with Crippen molar-refractivity contribution in [3.63, 3.8) is 0 Å². The maximum Gasteiger partial charge on any atom is 0.273 e. The number of aryl methyl sites for hydroxylation is 1. The number of nitrogens with zero attached hydrogens (tertiary/aromatic N) is 3. The Hall–Kier alpha value is -3.20. The molecule has 0 spiro atoms. The molecule has 1 fully saturated rings. The standard InChI is InChI=1S/C24H26F2N6O.C2H6/c1-14-30-22(29-12-16-3-2-4-20-17(16)5-8-24(20,25)26)19-11-18(15-6-9-33-10-7-15)21(28)32(13-27)23(19)31-14;1-2/h2-4,11,13,15,27-28H,5-10,12H2,1H3,(H,29,30,31);1-2H3. The van der Waals surface area contributed by atoms with Gasteiger partial charge in [-0.15, -0.1) is 0 Å². The molecule has 1 aliphatic carbocycles. The molecule has 0 unspecified atom stereocenters. The SMILES string of the molecule is CC.Cc1nc(NCc2cccc3c2CCC3(F)F)c2cc(C3CCOCC3)c(=N)n(C=N)c2n1. The molecular formula is C26H32F2N6O. The molecule has 5 rings (SSSR count). The fourth-order valence-corrected chi connectivity index (χ4v) is 4.97. The fraction of sp³-hybridized carbons (Fsp3) is 0.462. The van der Waals surface area contributed by atoms with Gasteiger partial charge >= 0.3 is 0 Å². The van der Waals surface area contributed by atoms with E-state index in [2.05, 4.69) is 15.3 Å². The van der Waals surface area contributed by atoms with Crippen LogP contribution in [0.4, 0.5) is 14.6 Å². The van der Waals surface area contributed by atoms with Gasteiger partial charge < -0.3 is 10.1 Å². The van der Waals surface area contributed by atoms with E-state index in [4.69, 9.17) is 15.6 Å². The van der Waals surface area contributed by atoms with Crippen LogP contribution in [0.5, 0.6) is 0 Å². The fourth-order valence-electron chi connectivity index (χ4n) is 4.97. The topological polar surface area (TPSA) is 99.7 Å². The Kier molecular flexibility index (Phi) is 7.25. The van der Waals surface area contributed by atoms with E-state index in [0.29, 0.717) is 54.4 Å². The summed E-state index contributed by atoms with van der Waals surface area (Å²) in [6, 6.07) is 7.01.